The zero-order valence-electron chi connectivity index (χ0n) is 15.6. The molecule has 0 aromatic heterocycles. The Hall–Kier alpha value is -1.09. The molecule has 7 atom stereocenters. The van der Waals surface area contributed by atoms with E-state index in [2.05, 4.69) is 37.2 Å². The molecule has 1 spiro atoms. The lowest BCUT2D eigenvalue weighted by molar-refractivity contribution is -0.119. The van der Waals surface area contributed by atoms with Crippen LogP contribution in [0.4, 0.5) is 0 Å². The van der Waals surface area contributed by atoms with Crippen LogP contribution in [0.1, 0.15) is 58.8 Å². The normalized spacial score (nSPS) is 52.8. The van der Waals surface area contributed by atoms with Gasteiger partial charge in [-0.2, -0.15) is 0 Å². The van der Waals surface area contributed by atoms with Gasteiger partial charge in [0.05, 0.1) is 17.9 Å². The number of allylic oxidation sites excluding steroid dienone is 2. The highest BCUT2D eigenvalue weighted by atomic mass is 16.5. The highest BCUT2D eigenvalue weighted by Gasteiger charge is 2.64. The molecule has 136 valence electrons. The molecule has 0 bridgehead atoms. The lowest BCUT2D eigenvalue weighted by Gasteiger charge is -2.57. The molecule has 0 radical (unpaired) electrons. The van der Waals surface area contributed by atoms with Gasteiger partial charge in [-0.15, -0.1) is 0 Å². The molecule has 0 amide bonds. The Morgan fingerprint density at radius 2 is 2.12 bits per heavy atom. The van der Waals surface area contributed by atoms with Crippen LogP contribution in [-0.4, -0.2) is 23.1 Å². The first-order valence-electron chi connectivity index (χ1n) is 10.3. The van der Waals surface area contributed by atoms with E-state index < -0.39 is 0 Å². The van der Waals surface area contributed by atoms with E-state index in [1.54, 1.807) is 5.57 Å². The maximum Gasteiger partial charge on any atom is 0.0923 e. The molecule has 0 aromatic rings. The molecule has 3 nitrogen and oxygen atoms in total. The van der Waals surface area contributed by atoms with Crippen molar-refractivity contribution in [3.05, 3.63) is 23.8 Å². The molecule has 0 saturated heterocycles. The van der Waals surface area contributed by atoms with Crippen LogP contribution in [-0.2, 0) is 4.74 Å². The Labute approximate surface area is 151 Å². The van der Waals surface area contributed by atoms with Crippen LogP contribution in [0, 0.1) is 35.0 Å². The fourth-order valence-corrected chi connectivity index (χ4v) is 7.71. The molecule has 1 N–H and O–H groups in total. The van der Waals surface area contributed by atoms with Crippen molar-refractivity contribution in [3.8, 4) is 0 Å². The van der Waals surface area contributed by atoms with E-state index in [4.69, 9.17) is 4.74 Å². The van der Waals surface area contributed by atoms with Crippen molar-refractivity contribution in [2.45, 2.75) is 64.4 Å². The summed E-state index contributed by atoms with van der Waals surface area (Å²) in [5.74, 6) is 3.93. The molecule has 5 rings (SSSR count). The summed E-state index contributed by atoms with van der Waals surface area (Å²) in [6.07, 6.45) is 15.4. The van der Waals surface area contributed by atoms with Crippen molar-refractivity contribution in [1.82, 2.24) is 0 Å². The minimum Gasteiger partial charge on any atom is -0.411 e. The SMILES string of the molecule is CC1CC2=C/C(=N/O)CC[C@@H]2C2CC[C@@]3(C)C(CC[C@@]34C=CCO4)C12. The highest BCUT2D eigenvalue weighted by molar-refractivity contribution is 5.96. The second kappa shape index (κ2) is 5.45. The van der Waals surface area contributed by atoms with E-state index >= 15 is 0 Å². The molecule has 1 aliphatic heterocycles. The van der Waals surface area contributed by atoms with Crippen molar-refractivity contribution >= 4 is 5.71 Å². The standard InChI is InChI=1S/C22H31NO2/c1-14-12-15-13-16(23-24)4-5-17(15)18-6-9-21(2)19(20(14)18)7-10-22(21)8-3-11-25-22/h3,8,13-14,17-20,24H,4-7,9-12H2,1-2H3/b23-16+/t14?,17-,18?,19?,20?,21-,22-/m0/s1. The molecular weight excluding hydrogens is 310 g/mol. The summed E-state index contributed by atoms with van der Waals surface area (Å²) < 4.78 is 6.36. The zero-order chi connectivity index (χ0) is 17.2. The molecule has 1 heterocycles. The van der Waals surface area contributed by atoms with Crippen LogP contribution in [0.15, 0.2) is 29.0 Å². The van der Waals surface area contributed by atoms with E-state index in [0.29, 0.717) is 5.41 Å². The van der Waals surface area contributed by atoms with Gasteiger partial charge in [-0.1, -0.05) is 36.7 Å². The Balaban J connectivity index is 1.49. The van der Waals surface area contributed by atoms with E-state index in [1.807, 2.05) is 0 Å². The van der Waals surface area contributed by atoms with Gasteiger partial charge in [0, 0.05) is 5.41 Å². The summed E-state index contributed by atoms with van der Waals surface area (Å²) >= 11 is 0. The molecule has 4 aliphatic carbocycles. The predicted molar refractivity (Wildman–Crippen MR) is 98.7 cm³/mol. The summed E-state index contributed by atoms with van der Waals surface area (Å²) in [7, 11) is 0. The first kappa shape index (κ1) is 16.1. The van der Waals surface area contributed by atoms with Crippen molar-refractivity contribution in [2.24, 2.45) is 40.2 Å². The quantitative estimate of drug-likeness (QED) is 0.384. The molecule has 0 aromatic carbocycles. The number of rotatable bonds is 0. The third-order valence-electron chi connectivity index (χ3n) is 8.79. The van der Waals surface area contributed by atoms with Gasteiger partial charge >= 0.3 is 0 Å². The number of fused-ring (bicyclic) bond motifs is 6. The van der Waals surface area contributed by atoms with Gasteiger partial charge in [-0.05, 0) is 80.6 Å². The smallest absolute Gasteiger partial charge is 0.0923 e. The molecule has 4 unspecified atom stereocenters. The fraction of sp³-hybridized carbons (Fsp3) is 0.773. The molecular formula is C22H31NO2. The van der Waals surface area contributed by atoms with Crippen LogP contribution in [0.2, 0.25) is 0 Å². The first-order chi connectivity index (χ1) is 12.1. The Morgan fingerprint density at radius 1 is 1.24 bits per heavy atom. The molecule has 3 fully saturated rings. The lowest BCUT2D eigenvalue weighted by atomic mass is 9.48. The minimum absolute atomic E-state index is 0.0295. The number of nitrogens with zero attached hydrogens (tertiary/aromatic N) is 1. The maximum atomic E-state index is 9.18. The summed E-state index contributed by atoms with van der Waals surface area (Å²) in [4.78, 5) is 0. The van der Waals surface area contributed by atoms with Crippen LogP contribution in [0.5, 0.6) is 0 Å². The number of hydrogen-bond donors (Lipinski definition) is 1. The van der Waals surface area contributed by atoms with Gasteiger partial charge in [0.1, 0.15) is 0 Å². The summed E-state index contributed by atoms with van der Waals surface area (Å²) in [5.41, 5.74) is 2.81. The van der Waals surface area contributed by atoms with Crippen LogP contribution in [0.3, 0.4) is 0 Å². The van der Waals surface area contributed by atoms with Gasteiger partial charge in [-0.3, -0.25) is 0 Å². The Bertz CT molecular complexity index is 665. The average Bonchev–Trinajstić information content (AvgIpc) is 3.21. The maximum absolute atomic E-state index is 9.18. The number of hydrogen-bond acceptors (Lipinski definition) is 3. The average molecular weight is 341 g/mol. The first-order valence-corrected chi connectivity index (χ1v) is 10.3. The second-order valence-electron chi connectivity index (χ2n) is 9.58. The molecule has 5 aliphatic rings. The summed E-state index contributed by atoms with van der Waals surface area (Å²) in [6, 6.07) is 0. The number of oxime groups is 1. The third-order valence-corrected chi connectivity index (χ3v) is 8.79. The van der Waals surface area contributed by atoms with E-state index in [9.17, 15) is 5.21 Å². The monoisotopic (exact) mass is 341 g/mol. The predicted octanol–water partition coefficient (Wildman–Crippen LogP) is 4.96. The van der Waals surface area contributed by atoms with Crippen molar-refractivity contribution in [1.29, 1.82) is 0 Å². The largest absolute Gasteiger partial charge is 0.411 e. The van der Waals surface area contributed by atoms with Crippen LogP contribution < -0.4 is 0 Å². The topological polar surface area (TPSA) is 41.8 Å². The zero-order valence-corrected chi connectivity index (χ0v) is 15.6. The van der Waals surface area contributed by atoms with Crippen LogP contribution in [0.25, 0.3) is 0 Å². The van der Waals surface area contributed by atoms with E-state index in [0.717, 1.165) is 48.3 Å². The van der Waals surface area contributed by atoms with Crippen molar-refractivity contribution in [3.63, 3.8) is 0 Å². The molecule has 25 heavy (non-hydrogen) atoms. The Kier molecular flexibility index (Phi) is 3.51. The van der Waals surface area contributed by atoms with Gasteiger partial charge in [-0.25, -0.2) is 0 Å². The van der Waals surface area contributed by atoms with Gasteiger partial charge < -0.3 is 9.94 Å². The minimum atomic E-state index is 0.0295. The number of ether oxygens (including phenoxy) is 1. The van der Waals surface area contributed by atoms with Gasteiger partial charge in [0.2, 0.25) is 0 Å². The second-order valence-corrected chi connectivity index (χ2v) is 9.58. The van der Waals surface area contributed by atoms with E-state index in [-0.39, 0.29) is 5.60 Å². The lowest BCUT2D eigenvalue weighted by Crippen LogP contribution is -2.54. The molecule has 3 heteroatoms. The van der Waals surface area contributed by atoms with E-state index in [1.165, 1.54) is 38.5 Å². The Morgan fingerprint density at radius 3 is 2.88 bits per heavy atom. The van der Waals surface area contributed by atoms with Crippen molar-refractivity contribution in [2.75, 3.05) is 6.61 Å². The summed E-state index contributed by atoms with van der Waals surface area (Å²) in [5, 5.41) is 12.7. The highest BCUT2D eigenvalue weighted by Crippen LogP contribution is 2.67. The van der Waals surface area contributed by atoms with Gasteiger partial charge in [0.15, 0.2) is 0 Å². The third kappa shape index (κ3) is 2.05. The van der Waals surface area contributed by atoms with Crippen molar-refractivity contribution < 1.29 is 9.94 Å². The summed E-state index contributed by atoms with van der Waals surface area (Å²) in [6.45, 7) is 5.82. The molecule has 3 saturated carbocycles. The fourth-order valence-electron chi connectivity index (χ4n) is 7.71. The van der Waals surface area contributed by atoms with Gasteiger partial charge in [0.25, 0.3) is 0 Å². The van der Waals surface area contributed by atoms with Crippen LogP contribution >= 0.6 is 0 Å².